The molecule has 0 rings (SSSR count). The molecule has 96 valence electrons. The lowest BCUT2D eigenvalue weighted by molar-refractivity contribution is -0.144. The summed E-state index contributed by atoms with van der Waals surface area (Å²) in [5.41, 5.74) is 0.106. The molecule has 2 atom stereocenters. The molecular formula is C13H27NO2. The number of carboxylic acid groups (broad SMARTS) is 1. The van der Waals surface area contributed by atoms with Crippen molar-refractivity contribution in [1.82, 2.24) is 4.90 Å². The fraction of sp³-hybridized carbons (Fsp3) is 0.923. The van der Waals surface area contributed by atoms with Gasteiger partial charge in [0.2, 0.25) is 0 Å². The van der Waals surface area contributed by atoms with Gasteiger partial charge >= 0.3 is 5.97 Å². The van der Waals surface area contributed by atoms with Gasteiger partial charge in [0, 0.05) is 6.04 Å². The van der Waals surface area contributed by atoms with E-state index in [1.54, 1.807) is 0 Å². The van der Waals surface area contributed by atoms with Crippen LogP contribution >= 0.6 is 0 Å². The molecule has 0 aliphatic carbocycles. The van der Waals surface area contributed by atoms with Gasteiger partial charge < -0.3 is 5.11 Å². The highest BCUT2D eigenvalue weighted by Gasteiger charge is 2.31. The number of unbranched alkanes of at least 4 members (excludes halogenated alkanes) is 1. The molecule has 3 nitrogen and oxygen atoms in total. The molecule has 1 N–H and O–H groups in total. The maximum absolute atomic E-state index is 11.2. The third kappa shape index (κ3) is 4.52. The van der Waals surface area contributed by atoms with Gasteiger partial charge in [0.05, 0.1) is 0 Å². The molecule has 0 radical (unpaired) electrons. The molecule has 0 bridgehead atoms. The smallest absolute Gasteiger partial charge is 0.320 e. The molecule has 0 saturated carbocycles. The Kier molecular flexibility index (Phi) is 6.01. The molecule has 0 saturated heterocycles. The molecule has 0 aliphatic heterocycles. The normalized spacial score (nSPS) is 16.2. The van der Waals surface area contributed by atoms with Crippen molar-refractivity contribution in [2.45, 2.75) is 66.0 Å². The van der Waals surface area contributed by atoms with Crippen molar-refractivity contribution in [3.05, 3.63) is 0 Å². The zero-order valence-electron chi connectivity index (χ0n) is 11.6. The van der Waals surface area contributed by atoms with Crippen LogP contribution in [-0.4, -0.2) is 35.1 Å². The minimum Gasteiger partial charge on any atom is -0.480 e. The first kappa shape index (κ1) is 15.4. The SMILES string of the molecule is CCCCC(C(=O)O)N(C)C(C)C(C)(C)C. The van der Waals surface area contributed by atoms with E-state index in [-0.39, 0.29) is 17.5 Å². The third-order valence-electron chi connectivity index (χ3n) is 3.47. The van der Waals surface area contributed by atoms with Crippen LogP contribution in [0.1, 0.15) is 53.9 Å². The third-order valence-corrected chi connectivity index (χ3v) is 3.47. The highest BCUT2D eigenvalue weighted by Crippen LogP contribution is 2.25. The first-order valence-electron chi connectivity index (χ1n) is 6.16. The molecule has 0 aromatic heterocycles. The van der Waals surface area contributed by atoms with E-state index in [9.17, 15) is 9.90 Å². The quantitative estimate of drug-likeness (QED) is 0.761. The summed E-state index contributed by atoms with van der Waals surface area (Å²) in [6.07, 6.45) is 2.75. The Hall–Kier alpha value is -0.570. The second-order valence-electron chi connectivity index (χ2n) is 5.70. The Morgan fingerprint density at radius 1 is 1.38 bits per heavy atom. The molecule has 0 heterocycles. The van der Waals surface area contributed by atoms with E-state index in [4.69, 9.17) is 0 Å². The average molecular weight is 229 g/mol. The minimum absolute atomic E-state index is 0.106. The molecule has 16 heavy (non-hydrogen) atoms. The molecule has 2 unspecified atom stereocenters. The van der Waals surface area contributed by atoms with Crippen molar-refractivity contribution < 1.29 is 9.90 Å². The van der Waals surface area contributed by atoms with Crippen LogP contribution < -0.4 is 0 Å². The minimum atomic E-state index is -0.702. The average Bonchev–Trinajstić information content (AvgIpc) is 2.15. The molecule has 0 spiro atoms. The summed E-state index contributed by atoms with van der Waals surface area (Å²) in [5, 5.41) is 9.24. The monoisotopic (exact) mass is 229 g/mol. The summed E-state index contributed by atoms with van der Waals surface area (Å²) in [6, 6.07) is -0.0976. The van der Waals surface area contributed by atoms with Gasteiger partial charge in [0.15, 0.2) is 0 Å². The number of likely N-dealkylation sites (N-methyl/N-ethyl adjacent to an activating group) is 1. The van der Waals surface area contributed by atoms with E-state index < -0.39 is 5.97 Å². The van der Waals surface area contributed by atoms with E-state index in [0.29, 0.717) is 0 Å². The highest BCUT2D eigenvalue weighted by molar-refractivity contribution is 5.73. The van der Waals surface area contributed by atoms with Crippen LogP contribution in [0.3, 0.4) is 0 Å². The van der Waals surface area contributed by atoms with Gasteiger partial charge in [-0.1, -0.05) is 40.5 Å². The zero-order chi connectivity index (χ0) is 12.9. The first-order chi connectivity index (χ1) is 7.21. The van der Waals surface area contributed by atoms with E-state index in [1.165, 1.54) is 0 Å². The van der Waals surface area contributed by atoms with E-state index >= 15 is 0 Å². The maximum atomic E-state index is 11.2. The van der Waals surface area contributed by atoms with Gasteiger partial charge in [0.1, 0.15) is 6.04 Å². The summed E-state index contributed by atoms with van der Waals surface area (Å²) in [7, 11) is 1.92. The molecule has 0 amide bonds. The molecule has 0 aliphatic rings. The standard InChI is InChI=1S/C13H27NO2/c1-7-8-9-11(12(15)16)14(6)10(2)13(3,4)5/h10-11H,7-9H2,1-6H3,(H,15,16). The van der Waals surface area contributed by atoms with E-state index in [0.717, 1.165) is 19.3 Å². The summed E-state index contributed by atoms with van der Waals surface area (Å²) in [5.74, 6) is -0.702. The van der Waals surface area contributed by atoms with Gasteiger partial charge in [-0.15, -0.1) is 0 Å². The predicted molar refractivity (Wildman–Crippen MR) is 67.6 cm³/mol. The van der Waals surface area contributed by atoms with Crippen molar-refractivity contribution in [2.24, 2.45) is 5.41 Å². The van der Waals surface area contributed by atoms with Crippen molar-refractivity contribution in [3.63, 3.8) is 0 Å². The van der Waals surface area contributed by atoms with Gasteiger partial charge in [-0.25, -0.2) is 0 Å². The Bertz CT molecular complexity index is 220. The lowest BCUT2D eigenvalue weighted by atomic mass is 9.86. The van der Waals surface area contributed by atoms with Gasteiger partial charge in [-0.3, -0.25) is 9.69 Å². The molecule has 3 heteroatoms. The Morgan fingerprint density at radius 3 is 2.19 bits per heavy atom. The lowest BCUT2D eigenvalue weighted by Gasteiger charge is -2.38. The molecule has 0 fully saturated rings. The highest BCUT2D eigenvalue weighted by atomic mass is 16.4. The predicted octanol–water partition coefficient (Wildman–Crippen LogP) is 3.00. The van der Waals surface area contributed by atoms with Gasteiger partial charge in [-0.05, 0) is 25.8 Å². The van der Waals surface area contributed by atoms with Crippen LogP contribution in [0.5, 0.6) is 0 Å². The van der Waals surface area contributed by atoms with E-state index in [2.05, 4.69) is 34.6 Å². The molecular weight excluding hydrogens is 202 g/mol. The Balaban J connectivity index is 4.60. The summed E-state index contributed by atoms with van der Waals surface area (Å²) in [6.45, 7) is 10.6. The number of aliphatic carboxylic acids is 1. The Morgan fingerprint density at radius 2 is 1.88 bits per heavy atom. The number of carbonyl (C=O) groups is 1. The van der Waals surface area contributed by atoms with Crippen molar-refractivity contribution in [2.75, 3.05) is 7.05 Å². The second-order valence-corrected chi connectivity index (χ2v) is 5.70. The number of nitrogens with zero attached hydrogens (tertiary/aromatic N) is 1. The van der Waals surface area contributed by atoms with Crippen molar-refractivity contribution >= 4 is 5.97 Å². The van der Waals surface area contributed by atoms with Crippen molar-refractivity contribution in [1.29, 1.82) is 0 Å². The van der Waals surface area contributed by atoms with Crippen LogP contribution in [0.15, 0.2) is 0 Å². The van der Waals surface area contributed by atoms with Crippen LogP contribution in [0, 0.1) is 5.41 Å². The second kappa shape index (κ2) is 6.24. The maximum Gasteiger partial charge on any atom is 0.320 e. The van der Waals surface area contributed by atoms with Crippen LogP contribution in [-0.2, 0) is 4.79 Å². The summed E-state index contributed by atoms with van der Waals surface area (Å²) < 4.78 is 0. The lowest BCUT2D eigenvalue weighted by Crippen LogP contribution is -2.48. The Labute approximate surface area is 99.8 Å². The fourth-order valence-corrected chi connectivity index (χ4v) is 1.78. The first-order valence-corrected chi connectivity index (χ1v) is 6.16. The topological polar surface area (TPSA) is 40.5 Å². The van der Waals surface area contributed by atoms with Crippen LogP contribution in [0.2, 0.25) is 0 Å². The van der Waals surface area contributed by atoms with Crippen LogP contribution in [0.25, 0.3) is 0 Å². The number of hydrogen-bond acceptors (Lipinski definition) is 2. The van der Waals surface area contributed by atoms with Crippen molar-refractivity contribution in [3.8, 4) is 0 Å². The number of hydrogen-bond donors (Lipinski definition) is 1. The summed E-state index contributed by atoms with van der Waals surface area (Å²) in [4.78, 5) is 13.2. The van der Waals surface area contributed by atoms with E-state index in [1.807, 2.05) is 11.9 Å². The largest absolute Gasteiger partial charge is 0.480 e. The van der Waals surface area contributed by atoms with Crippen LogP contribution in [0.4, 0.5) is 0 Å². The zero-order valence-corrected chi connectivity index (χ0v) is 11.6. The number of rotatable bonds is 6. The molecule has 0 aromatic carbocycles. The van der Waals surface area contributed by atoms with Gasteiger partial charge in [-0.2, -0.15) is 0 Å². The summed E-state index contributed by atoms with van der Waals surface area (Å²) >= 11 is 0. The molecule has 0 aromatic rings. The number of carboxylic acids is 1. The van der Waals surface area contributed by atoms with Gasteiger partial charge in [0.25, 0.3) is 0 Å². The fourth-order valence-electron chi connectivity index (χ4n) is 1.78.